The smallest absolute Gasteiger partial charge is 0.308 e. The number of carboxylic acid groups (broad SMARTS) is 1. The monoisotopic (exact) mass is 197 g/mol. The molecule has 0 unspecified atom stereocenters. The van der Waals surface area contributed by atoms with Crippen molar-refractivity contribution in [2.45, 2.75) is 44.6 Å². The molecular formula is C11H19NO2. The van der Waals surface area contributed by atoms with Crippen molar-refractivity contribution in [2.24, 2.45) is 23.5 Å². The van der Waals surface area contributed by atoms with Crippen LogP contribution < -0.4 is 5.73 Å². The molecule has 0 aromatic carbocycles. The summed E-state index contributed by atoms with van der Waals surface area (Å²) in [4.78, 5) is 11.0. The highest BCUT2D eigenvalue weighted by molar-refractivity contribution is 5.73. The van der Waals surface area contributed by atoms with Crippen molar-refractivity contribution in [3.63, 3.8) is 0 Å². The van der Waals surface area contributed by atoms with Crippen LogP contribution in [0.3, 0.4) is 0 Å². The largest absolute Gasteiger partial charge is 0.481 e. The molecule has 0 heterocycles. The molecule has 14 heavy (non-hydrogen) atoms. The summed E-state index contributed by atoms with van der Waals surface area (Å²) in [5, 5.41) is 9.02. The van der Waals surface area contributed by atoms with E-state index in [0.717, 1.165) is 12.8 Å². The van der Waals surface area contributed by atoms with Gasteiger partial charge in [0.25, 0.3) is 0 Å². The van der Waals surface area contributed by atoms with Crippen molar-refractivity contribution in [1.82, 2.24) is 0 Å². The summed E-state index contributed by atoms with van der Waals surface area (Å²) in [6, 6.07) is -0.0735. The normalized spacial score (nSPS) is 42.9. The van der Waals surface area contributed by atoms with E-state index in [2.05, 4.69) is 0 Å². The van der Waals surface area contributed by atoms with Crippen LogP contribution in [0, 0.1) is 17.8 Å². The first-order chi connectivity index (χ1) is 6.72. The number of hydrogen-bond donors (Lipinski definition) is 2. The van der Waals surface area contributed by atoms with Gasteiger partial charge in [0.05, 0.1) is 5.92 Å². The molecule has 3 N–H and O–H groups in total. The summed E-state index contributed by atoms with van der Waals surface area (Å²) >= 11 is 0. The molecule has 80 valence electrons. The predicted molar refractivity (Wildman–Crippen MR) is 53.8 cm³/mol. The molecule has 2 saturated carbocycles. The Labute approximate surface area is 84.7 Å². The van der Waals surface area contributed by atoms with Crippen LogP contribution in [-0.4, -0.2) is 17.1 Å². The van der Waals surface area contributed by atoms with Crippen LogP contribution in [0.2, 0.25) is 0 Å². The van der Waals surface area contributed by atoms with E-state index in [9.17, 15) is 4.79 Å². The van der Waals surface area contributed by atoms with Gasteiger partial charge in [0.1, 0.15) is 0 Å². The fourth-order valence-corrected chi connectivity index (χ4v) is 3.22. The van der Waals surface area contributed by atoms with Gasteiger partial charge in [0, 0.05) is 6.04 Å². The van der Waals surface area contributed by atoms with Crippen LogP contribution in [0.4, 0.5) is 0 Å². The third-order valence-corrected chi connectivity index (χ3v) is 4.03. The summed E-state index contributed by atoms with van der Waals surface area (Å²) in [7, 11) is 0. The molecule has 0 radical (unpaired) electrons. The summed E-state index contributed by atoms with van der Waals surface area (Å²) in [5.41, 5.74) is 5.92. The molecule has 0 bridgehead atoms. The number of nitrogens with two attached hydrogens (primary N) is 1. The molecule has 0 aliphatic heterocycles. The van der Waals surface area contributed by atoms with Gasteiger partial charge in [-0.15, -0.1) is 0 Å². The highest BCUT2D eigenvalue weighted by Gasteiger charge is 2.51. The van der Waals surface area contributed by atoms with Crippen LogP contribution in [0.5, 0.6) is 0 Å². The van der Waals surface area contributed by atoms with E-state index >= 15 is 0 Å². The molecule has 2 aliphatic rings. The lowest BCUT2D eigenvalue weighted by Gasteiger charge is -2.49. The topological polar surface area (TPSA) is 63.3 Å². The highest BCUT2D eigenvalue weighted by Crippen LogP contribution is 2.46. The van der Waals surface area contributed by atoms with E-state index in [0.29, 0.717) is 11.8 Å². The third kappa shape index (κ3) is 1.54. The Morgan fingerprint density at radius 3 is 2.21 bits per heavy atom. The van der Waals surface area contributed by atoms with Crippen LogP contribution in [0.25, 0.3) is 0 Å². The summed E-state index contributed by atoms with van der Waals surface area (Å²) in [6.45, 7) is 0. The highest BCUT2D eigenvalue weighted by atomic mass is 16.4. The summed E-state index contributed by atoms with van der Waals surface area (Å²) < 4.78 is 0. The van der Waals surface area contributed by atoms with Crippen LogP contribution in [0.1, 0.15) is 38.5 Å². The summed E-state index contributed by atoms with van der Waals surface area (Å²) in [5.74, 6) is -0.0587. The van der Waals surface area contributed by atoms with E-state index in [1.54, 1.807) is 0 Å². The van der Waals surface area contributed by atoms with Gasteiger partial charge in [0.2, 0.25) is 0 Å². The van der Waals surface area contributed by atoms with Crippen molar-refractivity contribution in [1.29, 1.82) is 0 Å². The predicted octanol–water partition coefficient (Wildman–Crippen LogP) is 1.61. The van der Waals surface area contributed by atoms with Gasteiger partial charge in [-0.1, -0.05) is 25.7 Å². The summed E-state index contributed by atoms with van der Waals surface area (Å²) in [6.07, 6.45) is 7.22. The molecule has 0 saturated heterocycles. The first kappa shape index (κ1) is 9.97. The van der Waals surface area contributed by atoms with Gasteiger partial charge in [-0.3, -0.25) is 4.79 Å². The van der Waals surface area contributed by atoms with Crippen LogP contribution >= 0.6 is 0 Å². The standard InChI is InChI=1S/C11H19NO2/c12-10-8-6-4-2-1-3-5-7(8)9(10)11(13)14/h7-10H,1-6,12H2,(H,13,14)/t7-,8+,9-,10-/m1/s1. The fourth-order valence-electron chi connectivity index (χ4n) is 3.22. The number of aliphatic carboxylic acids is 1. The quantitative estimate of drug-likeness (QED) is 0.671. The lowest BCUT2D eigenvalue weighted by atomic mass is 9.57. The maximum atomic E-state index is 11.0. The molecule has 4 atom stereocenters. The van der Waals surface area contributed by atoms with Crippen molar-refractivity contribution in [2.75, 3.05) is 0 Å². The van der Waals surface area contributed by atoms with Crippen molar-refractivity contribution in [3.8, 4) is 0 Å². The second-order valence-electron chi connectivity index (χ2n) is 4.76. The minimum absolute atomic E-state index is 0.0735. The average Bonchev–Trinajstić information content (AvgIpc) is 2.08. The maximum Gasteiger partial charge on any atom is 0.308 e. The Morgan fingerprint density at radius 2 is 1.64 bits per heavy atom. The minimum Gasteiger partial charge on any atom is -0.481 e. The Bertz CT molecular complexity index is 229. The molecule has 2 fully saturated rings. The SMILES string of the molecule is N[C@@H]1[C@H]2CCCCCC[C@H]2[C@H]1C(=O)O. The Balaban J connectivity index is 2.01. The number of hydrogen-bond acceptors (Lipinski definition) is 2. The number of carbonyl (C=O) groups is 1. The third-order valence-electron chi connectivity index (χ3n) is 4.03. The number of carboxylic acids is 1. The number of fused-ring (bicyclic) bond motifs is 1. The average molecular weight is 197 g/mol. The lowest BCUT2D eigenvalue weighted by Crippen LogP contribution is -2.59. The fraction of sp³-hybridized carbons (Fsp3) is 0.909. The minimum atomic E-state index is -0.681. The molecule has 3 heteroatoms. The van der Waals surface area contributed by atoms with E-state index in [1.807, 2.05) is 0 Å². The molecule has 2 rings (SSSR count). The Kier molecular flexibility index (Phi) is 2.77. The second kappa shape index (κ2) is 3.89. The zero-order chi connectivity index (χ0) is 10.1. The molecule has 2 aliphatic carbocycles. The zero-order valence-electron chi connectivity index (χ0n) is 8.48. The van der Waals surface area contributed by atoms with Crippen LogP contribution in [0.15, 0.2) is 0 Å². The van der Waals surface area contributed by atoms with Crippen molar-refractivity contribution < 1.29 is 9.90 Å². The van der Waals surface area contributed by atoms with Crippen LogP contribution in [-0.2, 0) is 4.79 Å². The Morgan fingerprint density at radius 1 is 1.07 bits per heavy atom. The van der Waals surface area contributed by atoms with E-state index in [1.165, 1.54) is 25.7 Å². The van der Waals surface area contributed by atoms with Gasteiger partial charge in [-0.25, -0.2) is 0 Å². The molecule has 0 spiro atoms. The Hall–Kier alpha value is -0.570. The van der Waals surface area contributed by atoms with Gasteiger partial charge in [-0.05, 0) is 24.7 Å². The van der Waals surface area contributed by atoms with Gasteiger partial charge < -0.3 is 10.8 Å². The zero-order valence-corrected chi connectivity index (χ0v) is 8.48. The molecule has 0 aromatic rings. The molecule has 0 aromatic heterocycles. The maximum absolute atomic E-state index is 11.0. The van der Waals surface area contributed by atoms with E-state index in [-0.39, 0.29) is 12.0 Å². The van der Waals surface area contributed by atoms with E-state index < -0.39 is 5.97 Å². The van der Waals surface area contributed by atoms with Gasteiger partial charge in [-0.2, -0.15) is 0 Å². The molecule has 3 nitrogen and oxygen atoms in total. The van der Waals surface area contributed by atoms with E-state index in [4.69, 9.17) is 10.8 Å². The van der Waals surface area contributed by atoms with Gasteiger partial charge >= 0.3 is 5.97 Å². The molecular weight excluding hydrogens is 178 g/mol. The first-order valence-corrected chi connectivity index (χ1v) is 5.70. The molecule has 0 amide bonds. The number of rotatable bonds is 1. The van der Waals surface area contributed by atoms with Crippen molar-refractivity contribution in [3.05, 3.63) is 0 Å². The van der Waals surface area contributed by atoms with Gasteiger partial charge in [0.15, 0.2) is 0 Å². The van der Waals surface area contributed by atoms with Crippen molar-refractivity contribution >= 4 is 5.97 Å². The first-order valence-electron chi connectivity index (χ1n) is 5.70. The second-order valence-corrected chi connectivity index (χ2v) is 4.76. The lowest BCUT2D eigenvalue weighted by molar-refractivity contribution is -0.154.